The molecule has 0 atom stereocenters. The van der Waals surface area contributed by atoms with Gasteiger partial charge in [0.05, 0.1) is 11.0 Å². The van der Waals surface area contributed by atoms with Crippen LogP contribution in [0.4, 0.5) is 0 Å². The van der Waals surface area contributed by atoms with Crippen LogP contribution in [0.2, 0.25) is 0 Å². The molecule has 0 saturated carbocycles. The molecular weight excluding hydrogens is 554 g/mol. The highest BCUT2D eigenvalue weighted by Crippen LogP contribution is 2.34. The van der Waals surface area contributed by atoms with Crippen LogP contribution in [0, 0.1) is 0 Å². The van der Waals surface area contributed by atoms with Gasteiger partial charge >= 0.3 is 0 Å². The fourth-order valence-electron chi connectivity index (χ4n) is 8.90. The molecule has 210 valence electrons. The summed E-state index contributed by atoms with van der Waals surface area (Å²) < 4.78 is 4.99. The van der Waals surface area contributed by atoms with E-state index in [4.69, 9.17) is 0 Å². The van der Waals surface area contributed by atoms with Gasteiger partial charge in [-0.3, -0.25) is 0 Å². The highest BCUT2D eigenvalue weighted by Gasteiger charge is 2.36. The van der Waals surface area contributed by atoms with Gasteiger partial charge in [0.1, 0.15) is 0 Å². The number of para-hydroxylation sites is 6. The Morgan fingerprint density at radius 1 is 0.326 bits per heavy atom. The first-order valence-electron chi connectivity index (χ1n) is 16.2. The molecule has 0 unspecified atom stereocenters. The molecule has 4 heteroatoms. The van der Waals surface area contributed by atoms with Crippen LogP contribution >= 0.6 is 0 Å². The zero-order chi connectivity index (χ0) is 29.9. The SMILES string of the molecule is c1cc(B2c3ccccc3-n3c4ccccc4c4cccc2c43)cc(B2c3ccccc3-n3c4ccccc4c4cccc2c43)c1. The summed E-state index contributed by atoms with van der Waals surface area (Å²) in [4.78, 5) is 0. The van der Waals surface area contributed by atoms with Crippen LogP contribution in [0.25, 0.3) is 55.0 Å². The second-order valence-corrected chi connectivity index (χ2v) is 12.8. The summed E-state index contributed by atoms with van der Waals surface area (Å²) in [6.07, 6.45) is 0. The molecule has 9 aromatic rings. The lowest BCUT2D eigenvalue weighted by Crippen LogP contribution is -2.59. The van der Waals surface area contributed by atoms with E-state index in [1.165, 1.54) is 87.8 Å². The standard InChI is InChI=1S/C42H26B2N2/c1-5-22-37-29(14-1)31-16-10-20-35-41(31)45(37)39-24-7-3-18-33(39)43(35)27-12-9-13-28(26-27)44-34-19-4-8-25-40(34)46-38-23-6-2-15-30(38)32-17-11-21-36(44)42(32)46/h1-26H. The summed E-state index contributed by atoms with van der Waals surface area (Å²) in [5.41, 5.74) is 15.9. The molecule has 46 heavy (non-hydrogen) atoms. The Bertz CT molecular complexity index is 2550. The van der Waals surface area contributed by atoms with Gasteiger partial charge in [0.25, 0.3) is 0 Å². The Kier molecular flexibility index (Phi) is 4.77. The normalized spacial score (nSPS) is 13.1. The van der Waals surface area contributed by atoms with Crippen LogP contribution < -0.4 is 32.8 Å². The molecule has 2 aromatic heterocycles. The third kappa shape index (κ3) is 3.04. The zero-order valence-electron chi connectivity index (χ0n) is 25.1. The van der Waals surface area contributed by atoms with E-state index in [2.05, 4.69) is 167 Å². The maximum absolute atomic E-state index is 2.50. The number of rotatable bonds is 2. The maximum atomic E-state index is 2.50. The Balaban J connectivity index is 1.18. The number of nitrogens with zero attached hydrogens (tertiary/aromatic N) is 2. The predicted octanol–water partition coefficient (Wildman–Crippen LogP) is 5.54. The molecule has 2 nitrogen and oxygen atoms in total. The quantitative estimate of drug-likeness (QED) is 0.238. The topological polar surface area (TPSA) is 9.86 Å². The van der Waals surface area contributed by atoms with Crippen LogP contribution in [0.1, 0.15) is 0 Å². The summed E-state index contributed by atoms with van der Waals surface area (Å²) in [5.74, 6) is 0. The van der Waals surface area contributed by atoms with Crippen molar-refractivity contribution >= 4 is 89.8 Å². The van der Waals surface area contributed by atoms with Gasteiger partial charge in [0, 0.05) is 44.0 Å². The van der Waals surface area contributed by atoms with Crippen LogP contribution in [0.5, 0.6) is 0 Å². The molecule has 0 N–H and O–H groups in total. The molecule has 0 fully saturated rings. The van der Waals surface area contributed by atoms with Gasteiger partial charge in [-0.15, -0.1) is 0 Å². The summed E-state index contributed by atoms with van der Waals surface area (Å²) in [6.45, 7) is 0.274. The van der Waals surface area contributed by atoms with E-state index in [9.17, 15) is 0 Å². The average Bonchev–Trinajstić information content (AvgIpc) is 3.64. The van der Waals surface area contributed by atoms with Crippen molar-refractivity contribution in [3.8, 4) is 11.4 Å². The molecule has 0 saturated heterocycles. The Morgan fingerprint density at radius 3 is 1.24 bits per heavy atom. The monoisotopic (exact) mass is 580 g/mol. The Labute approximate surface area is 267 Å². The minimum absolute atomic E-state index is 0.137. The first-order valence-corrected chi connectivity index (χ1v) is 16.2. The van der Waals surface area contributed by atoms with Crippen molar-refractivity contribution in [2.24, 2.45) is 0 Å². The molecule has 2 aliphatic rings. The third-order valence-corrected chi connectivity index (χ3v) is 10.6. The molecule has 7 aromatic carbocycles. The van der Waals surface area contributed by atoms with E-state index in [0.29, 0.717) is 0 Å². The minimum Gasteiger partial charge on any atom is -0.310 e. The minimum atomic E-state index is 0.137. The smallest absolute Gasteiger partial charge is 0.246 e. The van der Waals surface area contributed by atoms with E-state index in [0.717, 1.165) is 0 Å². The molecule has 0 radical (unpaired) electrons. The first-order chi connectivity index (χ1) is 22.9. The summed E-state index contributed by atoms with van der Waals surface area (Å²) in [7, 11) is 0. The largest absolute Gasteiger partial charge is 0.310 e. The molecule has 4 heterocycles. The second kappa shape index (κ2) is 8.93. The number of hydrogen-bond acceptors (Lipinski definition) is 0. The van der Waals surface area contributed by atoms with Crippen LogP contribution in [0.3, 0.4) is 0 Å². The lowest BCUT2D eigenvalue weighted by atomic mass is 9.32. The second-order valence-electron chi connectivity index (χ2n) is 12.8. The van der Waals surface area contributed by atoms with E-state index in [1.807, 2.05) is 0 Å². The molecular formula is C42H26B2N2. The summed E-state index contributed by atoms with van der Waals surface area (Å²) in [6, 6.07) is 58.9. The van der Waals surface area contributed by atoms with Crippen molar-refractivity contribution in [2.45, 2.75) is 0 Å². The summed E-state index contributed by atoms with van der Waals surface area (Å²) >= 11 is 0. The fourth-order valence-corrected chi connectivity index (χ4v) is 8.90. The van der Waals surface area contributed by atoms with E-state index in [-0.39, 0.29) is 13.4 Å². The van der Waals surface area contributed by atoms with Crippen LogP contribution in [-0.4, -0.2) is 22.6 Å². The lowest BCUT2D eigenvalue weighted by molar-refractivity contribution is 1.19. The average molecular weight is 580 g/mol. The fraction of sp³-hybridized carbons (Fsp3) is 0. The van der Waals surface area contributed by atoms with Crippen LogP contribution in [0.15, 0.2) is 158 Å². The van der Waals surface area contributed by atoms with E-state index in [1.54, 1.807) is 0 Å². The van der Waals surface area contributed by atoms with Crippen molar-refractivity contribution < 1.29 is 0 Å². The zero-order valence-corrected chi connectivity index (χ0v) is 25.1. The molecule has 0 spiro atoms. The van der Waals surface area contributed by atoms with E-state index < -0.39 is 0 Å². The van der Waals surface area contributed by atoms with Gasteiger partial charge in [-0.25, -0.2) is 0 Å². The highest BCUT2D eigenvalue weighted by atomic mass is 15.0. The van der Waals surface area contributed by atoms with Crippen molar-refractivity contribution in [3.63, 3.8) is 0 Å². The van der Waals surface area contributed by atoms with Crippen molar-refractivity contribution in [3.05, 3.63) is 158 Å². The van der Waals surface area contributed by atoms with Gasteiger partial charge in [-0.1, -0.05) is 144 Å². The van der Waals surface area contributed by atoms with Gasteiger partial charge in [-0.2, -0.15) is 0 Å². The van der Waals surface area contributed by atoms with Crippen molar-refractivity contribution in [2.75, 3.05) is 0 Å². The third-order valence-electron chi connectivity index (χ3n) is 10.6. The maximum Gasteiger partial charge on any atom is 0.246 e. The molecule has 0 amide bonds. The molecule has 2 aliphatic heterocycles. The van der Waals surface area contributed by atoms with Crippen molar-refractivity contribution in [1.29, 1.82) is 0 Å². The Hall–Kier alpha value is -5.73. The van der Waals surface area contributed by atoms with Gasteiger partial charge < -0.3 is 9.13 Å². The van der Waals surface area contributed by atoms with E-state index >= 15 is 0 Å². The van der Waals surface area contributed by atoms with Gasteiger partial charge in [0.2, 0.25) is 13.4 Å². The van der Waals surface area contributed by atoms with Crippen molar-refractivity contribution in [1.82, 2.24) is 9.13 Å². The molecule has 0 bridgehead atoms. The van der Waals surface area contributed by atoms with Crippen LogP contribution in [-0.2, 0) is 0 Å². The number of aromatic nitrogens is 2. The molecule has 11 rings (SSSR count). The number of fused-ring (bicyclic) bond motifs is 10. The predicted molar refractivity (Wildman–Crippen MR) is 197 cm³/mol. The molecule has 0 aliphatic carbocycles. The number of hydrogen-bond donors (Lipinski definition) is 0. The Morgan fingerprint density at radius 2 is 0.717 bits per heavy atom. The number of benzene rings is 7. The lowest BCUT2D eigenvalue weighted by Gasteiger charge is -2.29. The van der Waals surface area contributed by atoms with Gasteiger partial charge in [-0.05, 0) is 46.1 Å². The summed E-state index contributed by atoms with van der Waals surface area (Å²) in [5, 5.41) is 5.27. The highest BCUT2D eigenvalue weighted by molar-refractivity contribution is 7.00. The van der Waals surface area contributed by atoms with Gasteiger partial charge in [0.15, 0.2) is 0 Å². The first kappa shape index (κ1) is 24.6.